The normalized spacial score (nSPS) is 11.9. The highest BCUT2D eigenvalue weighted by Gasteiger charge is 2.21. The molecule has 9 nitrogen and oxygen atoms in total. The van der Waals surface area contributed by atoms with E-state index in [0.29, 0.717) is 40.3 Å². The fourth-order valence-electron chi connectivity index (χ4n) is 3.67. The fourth-order valence-corrected chi connectivity index (χ4v) is 4.40. The highest BCUT2D eigenvalue weighted by Crippen LogP contribution is 2.37. The number of hydrogen-bond donors (Lipinski definition) is 1. The first-order chi connectivity index (χ1) is 17.1. The van der Waals surface area contributed by atoms with Crippen molar-refractivity contribution in [2.24, 2.45) is 0 Å². The van der Waals surface area contributed by atoms with Gasteiger partial charge in [0.25, 0.3) is 0 Å². The number of rotatable bonds is 8. The van der Waals surface area contributed by atoms with Gasteiger partial charge in [-0.15, -0.1) is 10.2 Å². The van der Waals surface area contributed by atoms with E-state index in [4.69, 9.17) is 9.47 Å². The number of nitrogens with one attached hydrogen (secondary N) is 1. The molecule has 1 aliphatic rings. The standard InChI is InChI=1S/C25H21N5O4S/c1-16(31)19-10-21-22(34-15-33-21)11-20(19)27-23(32)14-35-25-29-28-24(18-8-5-9-26-12-18)30(25)13-17-6-3-2-4-7-17/h2-12H,13-15H2,1H3,(H,27,32). The lowest BCUT2D eigenvalue weighted by molar-refractivity contribution is -0.113. The van der Waals surface area contributed by atoms with Crippen molar-refractivity contribution >= 4 is 29.1 Å². The van der Waals surface area contributed by atoms with Crippen LogP contribution in [0.25, 0.3) is 11.4 Å². The number of fused-ring (bicyclic) bond motifs is 1. The molecule has 10 heteroatoms. The molecule has 4 aromatic rings. The van der Waals surface area contributed by atoms with Gasteiger partial charge >= 0.3 is 0 Å². The summed E-state index contributed by atoms with van der Waals surface area (Å²) in [6, 6.07) is 16.9. The topological polar surface area (TPSA) is 108 Å². The Morgan fingerprint density at radius 1 is 1.06 bits per heavy atom. The number of benzene rings is 2. The SMILES string of the molecule is CC(=O)c1cc2c(cc1NC(=O)CSc1nnc(-c3cccnc3)n1Cc1ccccc1)OCO2. The molecule has 1 aliphatic heterocycles. The molecule has 0 bridgehead atoms. The Bertz CT molecular complexity index is 1380. The maximum atomic E-state index is 12.8. The molecule has 1 amide bonds. The van der Waals surface area contributed by atoms with E-state index in [1.807, 2.05) is 47.0 Å². The van der Waals surface area contributed by atoms with Gasteiger partial charge in [-0.3, -0.25) is 19.1 Å². The van der Waals surface area contributed by atoms with E-state index < -0.39 is 0 Å². The molecule has 0 aliphatic carbocycles. The van der Waals surface area contributed by atoms with Gasteiger partial charge in [0.2, 0.25) is 12.7 Å². The van der Waals surface area contributed by atoms with E-state index >= 15 is 0 Å². The van der Waals surface area contributed by atoms with Crippen molar-refractivity contribution in [3.05, 3.63) is 78.1 Å². The second-order valence-electron chi connectivity index (χ2n) is 7.76. The molecule has 0 saturated carbocycles. The van der Waals surface area contributed by atoms with Gasteiger partial charge in [-0.2, -0.15) is 0 Å². The third-order valence-electron chi connectivity index (χ3n) is 5.32. The highest BCUT2D eigenvalue weighted by molar-refractivity contribution is 7.99. The molecule has 2 aromatic heterocycles. The second kappa shape index (κ2) is 9.98. The minimum atomic E-state index is -0.284. The van der Waals surface area contributed by atoms with Crippen LogP contribution in [0.5, 0.6) is 11.5 Å². The number of carbonyl (C=O) groups excluding carboxylic acids is 2. The van der Waals surface area contributed by atoms with Crippen LogP contribution < -0.4 is 14.8 Å². The molecule has 0 spiro atoms. The summed E-state index contributed by atoms with van der Waals surface area (Å²) in [7, 11) is 0. The number of aromatic nitrogens is 4. The third kappa shape index (κ3) is 5.02. The van der Waals surface area contributed by atoms with Crippen molar-refractivity contribution in [3.63, 3.8) is 0 Å². The molecule has 176 valence electrons. The number of thioether (sulfide) groups is 1. The van der Waals surface area contributed by atoms with Crippen molar-refractivity contribution in [1.29, 1.82) is 0 Å². The van der Waals surface area contributed by atoms with Gasteiger partial charge in [-0.05, 0) is 30.7 Å². The third-order valence-corrected chi connectivity index (χ3v) is 6.29. The first kappa shape index (κ1) is 22.6. The average Bonchev–Trinajstić information content (AvgIpc) is 3.50. The van der Waals surface area contributed by atoms with E-state index in [9.17, 15) is 9.59 Å². The summed E-state index contributed by atoms with van der Waals surface area (Å²) in [5, 5.41) is 12.1. The summed E-state index contributed by atoms with van der Waals surface area (Å²) >= 11 is 1.26. The smallest absolute Gasteiger partial charge is 0.234 e. The van der Waals surface area contributed by atoms with Crippen LogP contribution in [-0.2, 0) is 11.3 Å². The molecule has 0 fully saturated rings. The number of pyridine rings is 1. The second-order valence-corrected chi connectivity index (χ2v) is 8.71. The monoisotopic (exact) mass is 487 g/mol. The van der Waals surface area contributed by atoms with Crippen LogP contribution >= 0.6 is 11.8 Å². The lowest BCUT2D eigenvalue weighted by atomic mass is 10.1. The van der Waals surface area contributed by atoms with Crippen LogP contribution in [-0.4, -0.2) is 44.0 Å². The maximum Gasteiger partial charge on any atom is 0.234 e. The predicted molar refractivity (Wildman–Crippen MR) is 131 cm³/mol. The first-order valence-electron chi connectivity index (χ1n) is 10.8. The van der Waals surface area contributed by atoms with Gasteiger partial charge in [0.05, 0.1) is 18.0 Å². The molecule has 3 heterocycles. The van der Waals surface area contributed by atoms with E-state index in [-0.39, 0.29) is 24.2 Å². The quantitative estimate of drug-likeness (QED) is 0.293. The molecular weight excluding hydrogens is 466 g/mol. The predicted octanol–water partition coefficient (Wildman–Crippen LogP) is 4.05. The zero-order chi connectivity index (χ0) is 24.2. The number of ether oxygens (including phenoxy) is 2. The van der Waals surface area contributed by atoms with Gasteiger partial charge < -0.3 is 14.8 Å². The molecule has 0 unspecified atom stereocenters. The number of anilines is 1. The molecule has 2 aromatic carbocycles. The van der Waals surface area contributed by atoms with Crippen LogP contribution in [0.1, 0.15) is 22.8 Å². The van der Waals surface area contributed by atoms with Gasteiger partial charge in [-0.25, -0.2) is 0 Å². The first-order valence-corrected chi connectivity index (χ1v) is 11.8. The average molecular weight is 488 g/mol. The Balaban J connectivity index is 1.36. The van der Waals surface area contributed by atoms with Crippen molar-refractivity contribution in [2.75, 3.05) is 17.9 Å². The highest BCUT2D eigenvalue weighted by atomic mass is 32.2. The summed E-state index contributed by atoms with van der Waals surface area (Å²) in [4.78, 5) is 29.1. The number of ketones is 1. The lowest BCUT2D eigenvalue weighted by Gasteiger charge is -2.12. The molecule has 1 N–H and O–H groups in total. The summed E-state index contributed by atoms with van der Waals surface area (Å²) in [6.45, 7) is 2.06. The van der Waals surface area contributed by atoms with Gasteiger partial charge in [-0.1, -0.05) is 42.1 Å². The molecule has 5 rings (SSSR count). The van der Waals surface area contributed by atoms with E-state index in [1.54, 1.807) is 24.5 Å². The van der Waals surface area contributed by atoms with E-state index in [0.717, 1.165) is 11.1 Å². The summed E-state index contributed by atoms with van der Waals surface area (Å²) in [5.74, 6) is 1.25. The Hall–Kier alpha value is -4.18. The van der Waals surface area contributed by atoms with Crippen molar-refractivity contribution < 1.29 is 19.1 Å². The number of hydrogen-bond acceptors (Lipinski definition) is 8. The number of Topliss-reactive ketones (excluding diaryl/α,β-unsaturated/α-hetero) is 1. The molecule has 0 radical (unpaired) electrons. The van der Waals surface area contributed by atoms with Crippen LogP contribution in [0.2, 0.25) is 0 Å². The minimum absolute atomic E-state index is 0.0751. The zero-order valence-electron chi connectivity index (χ0n) is 18.8. The Kier molecular flexibility index (Phi) is 6.44. The van der Waals surface area contributed by atoms with Crippen molar-refractivity contribution in [2.45, 2.75) is 18.6 Å². The van der Waals surface area contributed by atoms with Crippen LogP contribution in [0, 0.1) is 0 Å². The molecular formula is C25H21N5O4S. The van der Waals surface area contributed by atoms with Gasteiger partial charge in [0.15, 0.2) is 28.3 Å². The summed E-state index contributed by atoms with van der Waals surface area (Å²) < 4.78 is 12.7. The zero-order valence-corrected chi connectivity index (χ0v) is 19.6. The Labute approximate surface area is 205 Å². The minimum Gasteiger partial charge on any atom is -0.454 e. The van der Waals surface area contributed by atoms with Crippen LogP contribution in [0.4, 0.5) is 5.69 Å². The molecule has 35 heavy (non-hydrogen) atoms. The molecule has 0 saturated heterocycles. The van der Waals surface area contributed by atoms with Gasteiger partial charge in [0, 0.05) is 29.6 Å². The van der Waals surface area contributed by atoms with Gasteiger partial charge in [0.1, 0.15) is 0 Å². The Morgan fingerprint density at radius 3 is 2.60 bits per heavy atom. The maximum absolute atomic E-state index is 12.8. The fraction of sp³-hybridized carbons (Fsp3) is 0.160. The van der Waals surface area contributed by atoms with E-state index in [1.165, 1.54) is 18.7 Å². The molecule has 0 atom stereocenters. The van der Waals surface area contributed by atoms with E-state index in [2.05, 4.69) is 20.5 Å². The summed E-state index contributed by atoms with van der Waals surface area (Å²) in [6.07, 6.45) is 3.43. The van der Waals surface area contributed by atoms with Crippen molar-refractivity contribution in [1.82, 2.24) is 19.7 Å². The number of nitrogens with zero attached hydrogens (tertiary/aromatic N) is 4. The lowest BCUT2D eigenvalue weighted by Crippen LogP contribution is -2.17. The number of amides is 1. The van der Waals surface area contributed by atoms with Crippen LogP contribution in [0.15, 0.2) is 72.1 Å². The Morgan fingerprint density at radius 2 is 1.86 bits per heavy atom. The largest absolute Gasteiger partial charge is 0.454 e. The van der Waals surface area contributed by atoms with Crippen molar-refractivity contribution in [3.8, 4) is 22.9 Å². The summed E-state index contributed by atoms with van der Waals surface area (Å²) in [5.41, 5.74) is 2.65. The number of carbonyl (C=O) groups is 2. The van der Waals surface area contributed by atoms with Crippen LogP contribution in [0.3, 0.4) is 0 Å².